The number of ether oxygens (including phenoxy) is 2. The maximum Gasteiger partial charge on any atom is 0.256 e. The quantitative estimate of drug-likeness (QED) is 0.526. The number of carbonyl (C=O) groups excluding carboxylic acids is 1. The van der Waals surface area contributed by atoms with E-state index in [1.54, 1.807) is 0 Å². The number of nitrogens with one attached hydrogen (secondary N) is 1. The second kappa shape index (κ2) is 12.2. The highest BCUT2D eigenvalue weighted by Gasteiger charge is 2.33. The highest BCUT2D eigenvalue weighted by molar-refractivity contribution is 5.97. The van der Waals surface area contributed by atoms with Gasteiger partial charge in [-0.2, -0.15) is 0 Å². The zero-order valence-corrected chi connectivity index (χ0v) is 18.8. The van der Waals surface area contributed by atoms with Crippen molar-refractivity contribution in [1.29, 1.82) is 0 Å². The van der Waals surface area contributed by atoms with Crippen LogP contribution in [-0.4, -0.2) is 49.3 Å². The monoisotopic (exact) mass is 404 g/mol. The number of likely N-dealkylation sites (tertiary alicyclic amines) is 1. The molecule has 0 unspecified atom stereocenters. The van der Waals surface area contributed by atoms with Gasteiger partial charge in [-0.15, -0.1) is 0 Å². The molecule has 1 amide bonds. The number of amides is 1. The first kappa shape index (κ1) is 23.7. The Kier molecular flexibility index (Phi) is 9.95. The molecule has 0 aliphatic carbocycles. The molecular formula is C24H40N2O3. The van der Waals surface area contributed by atoms with Crippen LogP contribution in [0, 0.1) is 5.92 Å². The van der Waals surface area contributed by atoms with Gasteiger partial charge in [0.2, 0.25) is 0 Å². The van der Waals surface area contributed by atoms with Crippen molar-refractivity contribution in [3.05, 3.63) is 24.3 Å². The molecule has 1 aromatic rings. The van der Waals surface area contributed by atoms with Gasteiger partial charge in [0.25, 0.3) is 5.91 Å². The van der Waals surface area contributed by atoms with E-state index in [4.69, 9.17) is 9.47 Å². The molecular weight excluding hydrogens is 364 g/mol. The largest absolute Gasteiger partial charge is 0.492 e. The number of piperidine rings is 1. The molecule has 1 heterocycles. The molecule has 1 aliphatic rings. The Morgan fingerprint density at radius 2 is 1.97 bits per heavy atom. The Labute approximate surface area is 177 Å². The minimum Gasteiger partial charge on any atom is -0.492 e. The molecule has 2 rings (SSSR count). The van der Waals surface area contributed by atoms with Gasteiger partial charge in [-0.3, -0.25) is 9.69 Å². The number of hydrogen-bond donors (Lipinski definition) is 1. The van der Waals surface area contributed by atoms with E-state index >= 15 is 0 Å². The molecule has 1 aromatic carbocycles. The van der Waals surface area contributed by atoms with Gasteiger partial charge in [-0.05, 0) is 69.3 Å². The molecule has 0 aromatic heterocycles. The summed E-state index contributed by atoms with van der Waals surface area (Å²) in [4.78, 5) is 15.3. The van der Waals surface area contributed by atoms with E-state index in [0.717, 1.165) is 49.6 Å². The molecule has 29 heavy (non-hydrogen) atoms. The standard InChI is InChI=1S/C24H40N2O3/c1-5-7-14-24(4,29-17-6-2)23(27)25-21-10-12-22(13-11-21)28-18-16-26-15-8-9-20(3)19-26/h10-13,20H,5-9,14-19H2,1-4H3,(H,25,27)/t20-,24+/m0/s1. The fourth-order valence-corrected chi connectivity index (χ4v) is 3.77. The third kappa shape index (κ3) is 7.98. The molecule has 5 nitrogen and oxygen atoms in total. The van der Waals surface area contributed by atoms with Crippen molar-refractivity contribution in [3.8, 4) is 5.75 Å². The first-order valence-corrected chi connectivity index (χ1v) is 11.4. The van der Waals surface area contributed by atoms with Crippen LogP contribution in [-0.2, 0) is 9.53 Å². The van der Waals surface area contributed by atoms with Crippen LogP contribution in [0.2, 0.25) is 0 Å². The van der Waals surface area contributed by atoms with Crippen LogP contribution in [0.5, 0.6) is 5.75 Å². The summed E-state index contributed by atoms with van der Waals surface area (Å²) in [5.41, 5.74) is -0.0118. The smallest absolute Gasteiger partial charge is 0.256 e. The Morgan fingerprint density at radius 1 is 1.21 bits per heavy atom. The highest BCUT2D eigenvalue weighted by atomic mass is 16.5. The van der Waals surface area contributed by atoms with Crippen LogP contribution in [0.4, 0.5) is 5.69 Å². The topological polar surface area (TPSA) is 50.8 Å². The summed E-state index contributed by atoms with van der Waals surface area (Å²) in [5.74, 6) is 1.55. The average molecular weight is 405 g/mol. The number of anilines is 1. The first-order chi connectivity index (χ1) is 14.0. The van der Waals surface area contributed by atoms with Crippen molar-refractivity contribution in [1.82, 2.24) is 4.90 Å². The predicted octanol–water partition coefficient (Wildman–Crippen LogP) is 5.11. The highest BCUT2D eigenvalue weighted by Crippen LogP contribution is 2.23. The van der Waals surface area contributed by atoms with Crippen LogP contribution in [0.1, 0.15) is 66.2 Å². The molecule has 5 heteroatoms. The Balaban J connectivity index is 1.82. The van der Waals surface area contributed by atoms with E-state index in [1.807, 2.05) is 31.2 Å². The van der Waals surface area contributed by atoms with Crippen molar-refractivity contribution in [2.45, 2.75) is 71.8 Å². The lowest BCUT2D eigenvalue weighted by molar-refractivity contribution is -0.140. The molecule has 1 N–H and O–H groups in total. The van der Waals surface area contributed by atoms with Crippen molar-refractivity contribution >= 4 is 11.6 Å². The van der Waals surface area contributed by atoms with E-state index < -0.39 is 5.60 Å². The maximum absolute atomic E-state index is 12.8. The van der Waals surface area contributed by atoms with E-state index in [2.05, 4.69) is 31.0 Å². The predicted molar refractivity (Wildman–Crippen MR) is 120 cm³/mol. The Hall–Kier alpha value is -1.59. The second-order valence-corrected chi connectivity index (χ2v) is 8.56. The molecule has 0 saturated carbocycles. The summed E-state index contributed by atoms with van der Waals surface area (Å²) >= 11 is 0. The molecule has 1 saturated heterocycles. The lowest BCUT2D eigenvalue weighted by Gasteiger charge is -2.30. The fourth-order valence-electron chi connectivity index (χ4n) is 3.77. The number of carbonyl (C=O) groups is 1. The van der Waals surface area contributed by atoms with Crippen LogP contribution in [0.3, 0.4) is 0 Å². The van der Waals surface area contributed by atoms with Gasteiger partial charge in [-0.1, -0.05) is 33.6 Å². The van der Waals surface area contributed by atoms with Crippen molar-refractivity contribution < 1.29 is 14.3 Å². The normalized spacial score (nSPS) is 19.5. The summed E-state index contributed by atoms with van der Waals surface area (Å²) in [6.45, 7) is 13.0. The number of rotatable bonds is 12. The molecule has 1 fully saturated rings. The molecule has 1 aliphatic heterocycles. The Morgan fingerprint density at radius 3 is 2.62 bits per heavy atom. The maximum atomic E-state index is 12.8. The van der Waals surface area contributed by atoms with Gasteiger partial charge in [0, 0.05) is 25.4 Å². The van der Waals surface area contributed by atoms with Gasteiger partial charge in [0.15, 0.2) is 0 Å². The van der Waals surface area contributed by atoms with E-state index in [1.165, 1.54) is 25.9 Å². The lowest BCUT2D eigenvalue weighted by Crippen LogP contribution is -2.43. The fraction of sp³-hybridized carbons (Fsp3) is 0.708. The van der Waals surface area contributed by atoms with E-state index in [9.17, 15) is 4.79 Å². The number of unbranched alkanes of at least 4 members (excludes halogenated alkanes) is 1. The third-order valence-electron chi connectivity index (χ3n) is 5.64. The second-order valence-electron chi connectivity index (χ2n) is 8.56. The van der Waals surface area contributed by atoms with Crippen LogP contribution in [0.25, 0.3) is 0 Å². The minimum absolute atomic E-state index is 0.0766. The summed E-state index contributed by atoms with van der Waals surface area (Å²) in [7, 11) is 0. The van der Waals surface area contributed by atoms with E-state index in [0.29, 0.717) is 13.2 Å². The molecule has 0 bridgehead atoms. The van der Waals surface area contributed by atoms with Crippen molar-refractivity contribution in [2.75, 3.05) is 38.2 Å². The molecule has 0 radical (unpaired) electrons. The van der Waals surface area contributed by atoms with Gasteiger partial charge >= 0.3 is 0 Å². The summed E-state index contributed by atoms with van der Waals surface area (Å²) in [6, 6.07) is 7.64. The van der Waals surface area contributed by atoms with Crippen molar-refractivity contribution in [2.24, 2.45) is 5.92 Å². The zero-order valence-electron chi connectivity index (χ0n) is 18.8. The van der Waals surface area contributed by atoms with Gasteiger partial charge in [-0.25, -0.2) is 0 Å². The lowest BCUT2D eigenvalue weighted by atomic mass is 9.97. The summed E-state index contributed by atoms with van der Waals surface area (Å²) in [5, 5.41) is 3.01. The number of benzene rings is 1. The van der Waals surface area contributed by atoms with E-state index in [-0.39, 0.29) is 5.91 Å². The van der Waals surface area contributed by atoms with Gasteiger partial charge < -0.3 is 14.8 Å². The summed E-state index contributed by atoms with van der Waals surface area (Å²) in [6.07, 6.45) is 6.26. The number of nitrogens with zero attached hydrogens (tertiary/aromatic N) is 1. The molecule has 2 atom stereocenters. The van der Waals surface area contributed by atoms with Crippen molar-refractivity contribution in [3.63, 3.8) is 0 Å². The average Bonchev–Trinajstić information content (AvgIpc) is 2.72. The minimum atomic E-state index is -0.785. The van der Waals surface area contributed by atoms with Crippen LogP contribution >= 0.6 is 0 Å². The SMILES string of the molecule is CCCC[C@@](C)(OCCC)C(=O)Nc1ccc(OCCN2CCC[C@H](C)C2)cc1. The Bertz CT molecular complexity index is 595. The van der Waals surface area contributed by atoms with Gasteiger partial charge in [0.1, 0.15) is 18.0 Å². The van der Waals surface area contributed by atoms with Gasteiger partial charge in [0.05, 0.1) is 0 Å². The van der Waals surface area contributed by atoms with Crippen LogP contribution < -0.4 is 10.1 Å². The molecule has 164 valence electrons. The van der Waals surface area contributed by atoms with Crippen LogP contribution in [0.15, 0.2) is 24.3 Å². The summed E-state index contributed by atoms with van der Waals surface area (Å²) < 4.78 is 11.8. The number of hydrogen-bond acceptors (Lipinski definition) is 4. The molecule has 0 spiro atoms. The third-order valence-corrected chi connectivity index (χ3v) is 5.64. The first-order valence-electron chi connectivity index (χ1n) is 11.4. The zero-order chi connectivity index (χ0) is 21.1.